The minimum absolute atomic E-state index is 0.0168. The molecule has 0 bridgehead atoms. The molecule has 126 valence electrons. The maximum Gasteiger partial charge on any atom is 0.225 e. The summed E-state index contributed by atoms with van der Waals surface area (Å²) in [5, 5.41) is 2.97. The molecule has 0 aliphatic carbocycles. The molecule has 5 nitrogen and oxygen atoms in total. The lowest BCUT2D eigenvalue weighted by Gasteiger charge is -2.15. The maximum atomic E-state index is 11.9. The molecule has 1 aromatic carbocycles. The summed E-state index contributed by atoms with van der Waals surface area (Å²) in [6.07, 6.45) is 3.45. The summed E-state index contributed by atoms with van der Waals surface area (Å²) in [6, 6.07) is 7.97. The average Bonchev–Trinajstić information content (AvgIpc) is 3.27. The number of carbonyl (C=O) groups is 1. The number of carbonyl (C=O) groups excluding carboxylic acids is 1. The zero-order chi connectivity index (χ0) is 15.9. The van der Waals surface area contributed by atoms with E-state index in [0.29, 0.717) is 19.8 Å². The number of benzene rings is 1. The lowest BCUT2D eigenvalue weighted by Crippen LogP contribution is -2.30. The van der Waals surface area contributed by atoms with E-state index < -0.39 is 0 Å². The summed E-state index contributed by atoms with van der Waals surface area (Å²) in [4.78, 5) is 14.4. The topological polar surface area (TPSA) is 50.8 Å². The molecule has 1 amide bonds. The van der Waals surface area contributed by atoms with E-state index in [4.69, 9.17) is 9.47 Å². The quantitative estimate of drug-likeness (QED) is 0.833. The first kappa shape index (κ1) is 16.3. The molecule has 1 atom stereocenters. The Morgan fingerprint density at radius 2 is 2.04 bits per heavy atom. The third-order valence-corrected chi connectivity index (χ3v) is 4.57. The summed E-state index contributed by atoms with van der Waals surface area (Å²) in [5.41, 5.74) is 1.09. The van der Waals surface area contributed by atoms with Crippen molar-refractivity contribution in [2.24, 2.45) is 5.92 Å². The van der Waals surface area contributed by atoms with E-state index in [1.807, 2.05) is 24.3 Å². The van der Waals surface area contributed by atoms with Crippen LogP contribution in [0.2, 0.25) is 0 Å². The van der Waals surface area contributed by atoms with Gasteiger partial charge in [-0.25, -0.2) is 0 Å². The van der Waals surface area contributed by atoms with Crippen LogP contribution < -0.4 is 10.1 Å². The normalized spacial score (nSPS) is 21.5. The summed E-state index contributed by atoms with van der Waals surface area (Å²) in [6.45, 7) is 5.95. The number of hydrogen-bond donors (Lipinski definition) is 1. The van der Waals surface area contributed by atoms with Crippen LogP contribution in [0.3, 0.4) is 0 Å². The zero-order valence-corrected chi connectivity index (χ0v) is 13.6. The second kappa shape index (κ2) is 8.31. The summed E-state index contributed by atoms with van der Waals surface area (Å²) in [7, 11) is 0. The second-order valence-corrected chi connectivity index (χ2v) is 6.32. The van der Waals surface area contributed by atoms with Gasteiger partial charge in [-0.1, -0.05) is 12.1 Å². The monoisotopic (exact) mass is 318 g/mol. The van der Waals surface area contributed by atoms with Crippen LogP contribution in [0.1, 0.15) is 24.8 Å². The van der Waals surface area contributed by atoms with Gasteiger partial charge < -0.3 is 14.8 Å². The van der Waals surface area contributed by atoms with E-state index in [9.17, 15) is 4.79 Å². The Labute approximate surface area is 137 Å². The minimum Gasteiger partial charge on any atom is -0.492 e. The highest BCUT2D eigenvalue weighted by Crippen LogP contribution is 2.15. The highest BCUT2D eigenvalue weighted by molar-refractivity contribution is 5.78. The van der Waals surface area contributed by atoms with Crippen LogP contribution in [0, 0.1) is 5.92 Å². The van der Waals surface area contributed by atoms with Gasteiger partial charge in [0.25, 0.3) is 0 Å². The number of likely N-dealkylation sites (tertiary alicyclic amines) is 1. The molecule has 3 rings (SSSR count). The van der Waals surface area contributed by atoms with Gasteiger partial charge in [0.15, 0.2) is 0 Å². The van der Waals surface area contributed by atoms with Crippen LogP contribution in [0.25, 0.3) is 0 Å². The third kappa shape index (κ3) is 4.94. The van der Waals surface area contributed by atoms with Crippen molar-refractivity contribution in [2.75, 3.05) is 39.5 Å². The van der Waals surface area contributed by atoms with E-state index in [1.165, 1.54) is 25.9 Å². The molecule has 2 aliphatic rings. The Balaban J connectivity index is 1.37. The Morgan fingerprint density at radius 3 is 2.74 bits per heavy atom. The van der Waals surface area contributed by atoms with Crippen molar-refractivity contribution in [3.8, 4) is 5.75 Å². The first-order chi connectivity index (χ1) is 11.3. The predicted molar refractivity (Wildman–Crippen MR) is 88.4 cm³/mol. The van der Waals surface area contributed by atoms with Crippen molar-refractivity contribution in [2.45, 2.75) is 25.8 Å². The average molecular weight is 318 g/mol. The van der Waals surface area contributed by atoms with Crippen LogP contribution in [0.4, 0.5) is 0 Å². The molecule has 2 heterocycles. The highest BCUT2D eigenvalue weighted by atomic mass is 16.5. The van der Waals surface area contributed by atoms with Gasteiger partial charge >= 0.3 is 0 Å². The molecule has 2 aliphatic heterocycles. The number of hydrogen-bond acceptors (Lipinski definition) is 4. The van der Waals surface area contributed by atoms with Crippen molar-refractivity contribution in [1.29, 1.82) is 0 Å². The van der Waals surface area contributed by atoms with Gasteiger partial charge in [-0.2, -0.15) is 0 Å². The maximum absolute atomic E-state index is 11.9. The molecular formula is C18H26N2O3. The molecule has 1 N–H and O–H groups in total. The van der Waals surface area contributed by atoms with Crippen LogP contribution in [0.15, 0.2) is 24.3 Å². The van der Waals surface area contributed by atoms with Gasteiger partial charge in [-0.05, 0) is 50.0 Å². The van der Waals surface area contributed by atoms with Gasteiger partial charge in [0.2, 0.25) is 5.91 Å². The fourth-order valence-corrected chi connectivity index (χ4v) is 3.08. The van der Waals surface area contributed by atoms with Crippen molar-refractivity contribution in [3.05, 3.63) is 29.8 Å². The van der Waals surface area contributed by atoms with E-state index in [2.05, 4.69) is 10.2 Å². The second-order valence-electron chi connectivity index (χ2n) is 6.32. The SMILES string of the molecule is O=C(NCc1ccc(OCCN2CCCC2)cc1)[C@@H]1CCOC1. The van der Waals surface area contributed by atoms with Crippen LogP contribution >= 0.6 is 0 Å². The van der Waals surface area contributed by atoms with Gasteiger partial charge in [0, 0.05) is 19.7 Å². The number of nitrogens with zero attached hydrogens (tertiary/aromatic N) is 1. The lowest BCUT2D eigenvalue weighted by molar-refractivity contribution is -0.125. The fraction of sp³-hybridized carbons (Fsp3) is 0.611. The Kier molecular flexibility index (Phi) is 5.88. The number of rotatable bonds is 7. The van der Waals surface area contributed by atoms with Crippen LogP contribution in [-0.2, 0) is 16.1 Å². The molecular weight excluding hydrogens is 292 g/mol. The zero-order valence-electron chi connectivity index (χ0n) is 13.6. The molecule has 1 aromatic rings. The predicted octanol–water partition coefficient (Wildman–Crippen LogP) is 1.81. The first-order valence-corrected chi connectivity index (χ1v) is 8.61. The van der Waals surface area contributed by atoms with Crippen LogP contribution in [-0.4, -0.2) is 50.3 Å². The highest BCUT2D eigenvalue weighted by Gasteiger charge is 2.22. The molecule has 0 unspecified atom stereocenters. The summed E-state index contributed by atoms with van der Waals surface area (Å²) < 4.78 is 11.0. The molecule has 0 saturated carbocycles. The van der Waals surface area contributed by atoms with E-state index in [0.717, 1.165) is 30.9 Å². The Bertz CT molecular complexity index is 491. The van der Waals surface area contributed by atoms with Crippen molar-refractivity contribution in [1.82, 2.24) is 10.2 Å². The van der Waals surface area contributed by atoms with Crippen molar-refractivity contribution in [3.63, 3.8) is 0 Å². The fourth-order valence-electron chi connectivity index (χ4n) is 3.08. The molecule has 23 heavy (non-hydrogen) atoms. The number of amides is 1. The number of nitrogens with one attached hydrogen (secondary N) is 1. The first-order valence-electron chi connectivity index (χ1n) is 8.61. The Morgan fingerprint density at radius 1 is 1.26 bits per heavy atom. The summed E-state index contributed by atoms with van der Waals surface area (Å²) >= 11 is 0. The van der Waals surface area contributed by atoms with Gasteiger partial charge in [-0.3, -0.25) is 9.69 Å². The number of ether oxygens (including phenoxy) is 2. The largest absolute Gasteiger partial charge is 0.492 e. The van der Waals surface area contributed by atoms with Crippen molar-refractivity contribution >= 4 is 5.91 Å². The molecule has 2 saturated heterocycles. The standard InChI is InChI=1S/C18H26N2O3/c21-18(16-7-11-22-14-16)19-13-15-3-5-17(6-4-15)23-12-10-20-8-1-2-9-20/h3-6,16H,1-2,7-14H2,(H,19,21)/t16-/m1/s1. The van der Waals surface area contributed by atoms with Gasteiger partial charge in [-0.15, -0.1) is 0 Å². The van der Waals surface area contributed by atoms with E-state index in [1.54, 1.807) is 0 Å². The molecule has 5 heteroatoms. The molecule has 0 radical (unpaired) electrons. The van der Waals surface area contributed by atoms with Gasteiger partial charge in [0.1, 0.15) is 12.4 Å². The minimum atomic E-state index is 0.0168. The Hall–Kier alpha value is -1.59. The van der Waals surface area contributed by atoms with Crippen molar-refractivity contribution < 1.29 is 14.3 Å². The molecule has 0 aromatic heterocycles. The van der Waals surface area contributed by atoms with E-state index in [-0.39, 0.29) is 11.8 Å². The van der Waals surface area contributed by atoms with Gasteiger partial charge in [0.05, 0.1) is 12.5 Å². The lowest BCUT2D eigenvalue weighted by atomic mass is 10.1. The van der Waals surface area contributed by atoms with E-state index >= 15 is 0 Å². The smallest absolute Gasteiger partial charge is 0.225 e. The molecule has 0 spiro atoms. The summed E-state index contributed by atoms with van der Waals surface area (Å²) in [5.74, 6) is 1.00. The molecule has 2 fully saturated rings. The van der Waals surface area contributed by atoms with Crippen LogP contribution in [0.5, 0.6) is 5.75 Å². The third-order valence-electron chi connectivity index (χ3n) is 4.57.